The second kappa shape index (κ2) is 9.24. The van der Waals surface area contributed by atoms with Gasteiger partial charge in [0.05, 0.1) is 20.8 Å². The molecule has 0 spiro atoms. The van der Waals surface area contributed by atoms with Crippen LogP contribution in [0.4, 0.5) is 0 Å². The van der Waals surface area contributed by atoms with Crippen LogP contribution in [0.15, 0.2) is 18.2 Å². The first-order chi connectivity index (χ1) is 9.74. The van der Waals surface area contributed by atoms with Gasteiger partial charge in [-0.25, -0.2) is 0 Å². The number of hydrogen-bond acceptors (Lipinski definition) is 4. The van der Waals surface area contributed by atoms with E-state index in [1.54, 1.807) is 21.3 Å². The van der Waals surface area contributed by atoms with E-state index < -0.39 is 0 Å². The second-order valence-electron chi connectivity index (χ2n) is 4.27. The van der Waals surface area contributed by atoms with Crippen molar-refractivity contribution in [1.82, 2.24) is 5.32 Å². The van der Waals surface area contributed by atoms with Crippen LogP contribution in [0.25, 0.3) is 0 Å². The van der Waals surface area contributed by atoms with Crippen molar-refractivity contribution in [3.8, 4) is 23.3 Å². The van der Waals surface area contributed by atoms with Crippen LogP contribution < -0.4 is 14.8 Å². The number of hydrogen-bond donors (Lipinski definition) is 1. The van der Waals surface area contributed by atoms with E-state index in [-0.39, 0.29) is 6.04 Å². The van der Waals surface area contributed by atoms with E-state index in [0.717, 1.165) is 23.5 Å². The first kappa shape index (κ1) is 16.4. The minimum Gasteiger partial charge on any atom is -0.497 e. The van der Waals surface area contributed by atoms with E-state index >= 15 is 0 Å². The lowest BCUT2D eigenvalue weighted by atomic mass is 10.0. The minimum atomic E-state index is 0.218. The summed E-state index contributed by atoms with van der Waals surface area (Å²) in [6.07, 6.45) is 0.961. The number of nitrogens with one attached hydrogen (secondary N) is 1. The zero-order valence-corrected chi connectivity index (χ0v) is 12.7. The molecule has 0 radical (unpaired) electrons. The summed E-state index contributed by atoms with van der Waals surface area (Å²) in [6, 6.07) is 6.13. The minimum absolute atomic E-state index is 0.218. The van der Waals surface area contributed by atoms with Crippen molar-refractivity contribution in [2.24, 2.45) is 0 Å². The summed E-state index contributed by atoms with van der Waals surface area (Å²) in [5.74, 6) is 7.55. The van der Waals surface area contributed by atoms with Gasteiger partial charge in [0, 0.05) is 19.2 Å². The number of rotatable bonds is 7. The van der Waals surface area contributed by atoms with Crippen LogP contribution in [-0.4, -0.2) is 34.5 Å². The van der Waals surface area contributed by atoms with Gasteiger partial charge in [-0.1, -0.05) is 18.8 Å². The van der Waals surface area contributed by atoms with Gasteiger partial charge in [0.25, 0.3) is 0 Å². The molecule has 0 fully saturated rings. The molecule has 0 saturated heterocycles. The molecule has 0 bridgehead atoms. The fourth-order valence-corrected chi connectivity index (χ4v) is 1.89. The Bertz CT molecular complexity index is 440. The Balaban J connectivity index is 2.76. The smallest absolute Gasteiger partial charge is 0.122 e. The van der Waals surface area contributed by atoms with Gasteiger partial charge >= 0.3 is 0 Å². The molecule has 4 nitrogen and oxygen atoms in total. The molecule has 1 rings (SSSR count). The number of benzene rings is 1. The highest BCUT2D eigenvalue weighted by molar-refractivity contribution is 5.39. The Kier molecular flexibility index (Phi) is 7.56. The third-order valence-electron chi connectivity index (χ3n) is 2.96. The SMILES string of the molecule is CCC(NCC#CCOC)c1cc(OC)cc(OC)c1. The van der Waals surface area contributed by atoms with Crippen molar-refractivity contribution >= 4 is 0 Å². The maximum Gasteiger partial charge on any atom is 0.122 e. The summed E-state index contributed by atoms with van der Waals surface area (Å²) in [6.45, 7) is 3.22. The van der Waals surface area contributed by atoms with Crippen molar-refractivity contribution in [3.05, 3.63) is 23.8 Å². The average Bonchev–Trinajstić information content (AvgIpc) is 2.50. The maximum atomic E-state index is 5.30. The van der Waals surface area contributed by atoms with Crippen molar-refractivity contribution in [3.63, 3.8) is 0 Å². The average molecular weight is 277 g/mol. The van der Waals surface area contributed by atoms with Gasteiger partial charge in [0.15, 0.2) is 0 Å². The fourth-order valence-electron chi connectivity index (χ4n) is 1.89. The van der Waals surface area contributed by atoms with Gasteiger partial charge in [-0.15, -0.1) is 0 Å². The first-order valence-electron chi connectivity index (χ1n) is 6.66. The van der Waals surface area contributed by atoms with Crippen molar-refractivity contribution < 1.29 is 14.2 Å². The molecule has 4 heteroatoms. The third-order valence-corrected chi connectivity index (χ3v) is 2.96. The number of methoxy groups -OCH3 is 3. The first-order valence-corrected chi connectivity index (χ1v) is 6.66. The van der Waals surface area contributed by atoms with Crippen LogP contribution in [-0.2, 0) is 4.74 Å². The zero-order chi connectivity index (χ0) is 14.8. The molecule has 0 heterocycles. The van der Waals surface area contributed by atoms with E-state index in [1.807, 2.05) is 18.2 Å². The van der Waals surface area contributed by atoms with E-state index in [2.05, 4.69) is 24.1 Å². The van der Waals surface area contributed by atoms with Crippen LogP contribution in [0.2, 0.25) is 0 Å². The molecule has 1 aromatic carbocycles. The summed E-state index contributed by atoms with van der Waals surface area (Å²) in [7, 11) is 4.95. The van der Waals surface area contributed by atoms with Crippen molar-refractivity contribution in [2.45, 2.75) is 19.4 Å². The molecular weight excluding hydrogens is 254 g/mol. The second-order valence-corrected chi connectivity index (χ2v) is 4.27. The highest BCUT2D eigenvalue weighted by Crippen LogP contribution is 2.27. The molecule has 20 heavy (non-hydrogen) atoms. The molecule has 110 valence electrons. The van der Waals surface area contributed by atoms with E-state index in [4.69, 9.17) is 14.2 Å². The van der Waals surface area contributed by atoms with Crippen LogP contribution in [0, 0.1) is 11.8 Å². The predicted molar refractivity (Wildman–Crippen MR) is 80.2 cm³/mol. The Hall–Kier alpha value is -1.70. The Morgan fingerprint density at radius 2 is 1.70 bits per heavy atom. The normalized spacial score (nSPS) is 11.4. The van der Waals surface area contributed by atoms with Crippen molar-refractivity contribution in [1.29, 1.82) is 0 Å². The van der Waals surface area contributed by atoms with Gasteiger partial charge in [-0.05, 0) is 24.1 Å². The largest absolute Gasteiger partial charge is 0.497 e. The quantitative estimate of drug-likeness (QED) is 0.777. The molecule has 1 unspecified atom stereocenters. The summed E-state index contributed by atoms with van der Waals surface area (Å²) in [4.78, 5) is 0. The highest BCUT2D eigenvalue weighted by atomic mass is 16.5. The van der Waals surface area contributed by atoms with E-state index in [1.165, 1.54) is 0 Å². The molecule has 1 atom stereocenters. The highest BCUT2D eigenvalue weighted by Gasteiger charge is 2.11. The van der Waals surface area contributed by atoms with Crippen molar-refractivity contribution in [2.75, 3.05) is 34.5 Å². The standard InChI is InChI=1S/C16H23NO3/c1-5-16(17-8-6-7-9-18-2)13-10-14(19-3)12-15(11-13)20-4/h10-12,16-17H,5,8-9H2,1-4H3. The van der Waals surface area contributed by atoms with Crippen LogP contribution in [0.3, 0.4) is 0 Å². The van der Waals surface area contributed by atoms with Crippen LogP contribution in [0.5, 0.6) is 11.5 Å². The number of ether oxygens (including phenoxy) is 3. The van der Waals surface area contributed by atoms with Crippen LogP contribution >= 0.6 is 0 Å². The molecule has 1 aromatic rings. The van der Waals surface area contributed by atoms with Gasteiger partial charge in [-0.2, -0.15) is 0 Å². The summed E-state index contributed by atoms with van der Waals surface area (Å²) in [5, 5.41) is 3.41. The lowest BCUT2D eigenvalue weighted by molar-refractivity contribution is 0.239. The maximum absolute atomic E-state index is 5.30. The van der Waals surface area contributed by atoms with Gasteiger partial charge < -0.3 is 14.2 Å². The summed E-state index contributed by atoms with van der Waals surface area (Å²) >= 11 is 0. The summed E-state index contributed by atoms with van der Waals surface area (Å²) < 4.78 is 15.5. The molecule has 0 aliphatic carbocycles. The fraction of sp³-hybridized carbons (Fsp3) is 0.500. The molecule has 0 aromatic heterocycles. The molecule has 0 aliphatic rings. The molecular formula is C16H23NO3. The molecule has 0 amide bonds. The van der Waals surface area contributed by atoms with Gasteiger partial charge in [0.2, 0.25) is 0 Å². The van der Waals surface area contributed by atoms with E-state index in [9.17, 15) is 0 Å². The Labute approximate surface area is 121 Å². The Morgan fingerprint density at radius 3 is 2.20 bits per heavy atom. The molecule has 0 saturated carbocycles. The topological polar surface area (TPSA) is 39.7 Å². The van der Waals surface area contributed by atoms with Crippen LogP contribution in [0.1, 0.15) is 24.9 Å². The monoisotopic (exact) mass is 277 g/mol. The lowest BCUT2D eigenvalue weighted by Crippen LogP contribution is -2.21. The summed E-state index contributed by atoms with van der Waals surface area (Å²) in [5.41, 5.74) is 1.14. The lowest BCUT2D eigenvalue weighted by Gasteiger charge is -2.17. The predicted octanol–water partition coefficient (Wildman–Crippen LogP) is 2.39. The molecule has 1 N–H and O–H groups in total. The third kappa shape index (κ3) is 5.12. The zero-order valence-electron chi connectivity index (χ0n) is 12.7. The van der Waals surface area contributed by atoms with Gasteiger partial charge in [-0.3, -0.25) is 5.32 Å². The Morgan fingerprint density at radius 1 is 1.05 bits per heavy atom. The molecule has 0 aliphatic heterocycles. The van der Waals surface area contributed by atoms with Gasteiger partial charge in [0.1, 0.15) is 18.1 Å². The van der Waals surface area contributed by atoms with E-state index in [0.29, 0.717) is 13.2 Å².